The first kappa shape index (κ1) is 15.0. The van der Waals surface area contributed by atoms with Crippen LogP contribution in [0.25, 0.3) is 11.0 Å². The van der Waals surface area contributed by atoms with E-state index in [1.807, 2.05) is 6.92 Å². The number of halogens is 2. The van der Waals surface area contributed by atoms with Gasteiger partial charge in [-0.3, -0.25) is 4.79 Å². The molecule has 1 aromatic carbocycles. The minimum atomic E-state index is -0.447. The minimum Gasteiger partial charge on any atom is -0.322 e. The van der Waals surface area contributed by atoms with Gasteiger partial charge in [0.25, 0.3) is 0 Å². The highest BCUT2D eigenvalue weighted by Crippen LogP contribution is 2.36. The fourth-order valence-corrected chi connectivity index (χ4v) is 3.67. The van der Waals surface area contributed by atoms with Gasteiger partial charge >= 0.3 is 0 Å². The summed E-state index contributed by atoms with van der Waals surface area (Å²) >= 11 is 13.3. The van der Waals surface area contributed by atoms with E-state index in [9.17, 15) is 4.79 Å². The van der Waals surface area contributed by atoms with Crippen molar-refractivity contribution in [2.45, 2.75) is 19.8 Å². The van der Waals surface area contributed by atoms with E-state index < -0.39 is 5.41 Å². The number of anilines is 1. The Kier molecular flexibility index (Phi) is 4.05. The van der Waals surface area contributed by atoms with Crippen molar-refractivity contribution in [3.63, 3.8) is 0 Å². The molecule has 3 rings (SSSR count). The Morgan fingerprint density at radius 1 is 1.38 bits per heavy atom. The van der Waals surface area contributed by atoms with E-state index in [2.05, 4.69) is 19.4 Å². The van der Waals surface area contributed by atoms with Crippen molar-refractivity contribution >= 4 is 57.6 Å². The number of hydrogen-bond acceptors (Lipinski definition) is 5. The number of carbonyl (C=O) groups is 1. The molecule has 0 aliphatic carbocycles. The summed E-state index contributed by atoms with van der Waals surface area (Å²) in [5.41, 5.74) is 1.14. The van der Waals surface area contributed by atoms with Gasteiger partial charge in [-0.2, -0.15) is 8.75 Å². The van der Waals surface area contributed by atoms with Gasteiger partial charge in [0.05, 0.1) is 32.9 Å². The van der Waals surface area contributed by atoms with E-state index in [-0.39, 0.29) is 5.91 Å². The summed E-state index contributed by atoms with van der Waals surface area (Å²) in [7, 11) is 0. The van der Waals surface area contributed by atoms with Crippen LogP contribution < -0.4 is 10.6 Å². The van der Waals surface area contributed by atoms with Crippen molar-refractivity contribution in [2.75, 3.05) is 18.4 Å². The summed E-state index contributed by atoms with van der Waals surface area (Å²) in [5, 5.41) is 6.98. The lowest BCUT2D eigenvalue weighted by molar-refractivity contribution is -0.125. The Morgan fingerprint density at radius 2 is 2.14 bits per heavy atom. The highest BCUT2D eigenvalue weighted by molar-refractivity contribution is 7.00. The van der Waals surface area contributed by atoms with Gasteiger partial charge in [0.1, 0.15) is 11.0 Å². The molecule has 1 amide bonds. The molecule has 0 radical (unpaired) electrons. The second-order valence-electron chi connectivity index (χ2n) is 5.47. The average molecular weight is 345 g/mol. The number of rotatable bonds is 2. The number of amides is 1. The second-order valence-corrected chi connectivity index (χ2v) is 6.81. The molecule has 0 spiro atoms. The molecule has 2 aromatic rings. The van der Waals surface area contributed by atoms with E-state index in [0.717, 1.165) is 31.1 Å². The fourth-order valence-electron chi connectivity index (χ4n) is 2.51. The van der Waals surface area contributed by atoms with E-state index >= 15 is 0 Å². The molecule has 1 aliphatic rings. The fraction of sp³-hybridized carbons (Fsp3) is 0.462. The molecule has 0 saturated carbocycles. The van der Waals surface area contributed by atoms with Gasteiger partial charge in [-0.1, -0.05) is 23.2 Å². The molecular weight excluding hydrogens is 331 g/mol. The number of hydrogen-bond donors (Lipinski definition) is 2. The van der Waals surface area contributed by atoms with Crippen LogP contribution in [0.15, 0.2) is 6.07 Å². The monoisotopic (exact) mass is 344 g/mol. The number of nitrogens with one attached hydrogen (secondary N) is 2. The second kappa shape index (κ2) is 5.68. The molecule has 5 nitrogen and oxygen atoms in total. The Bertz CT molecular complexity index is 697. The van der Waals surface area contributed by atoms with Gasteiger partial charge in [-0.25, -0.2) is 0 Å². The lowest BCUT2D eigenvalue weighted by atomic mass is 9.82. The van der Waals surface area contributed by atoms with Crippen LogP contribution in [0, 0.1) is 5.41 Å². The quantitative estimate of drug-likeness (QED) is 0.876. The lowest BCUT2D eigenvalue weighted by Crippen LogP contribution is -2.46. The summed E-state index contributed by atoms with van der Waals surface area (Å²) in [5.74, 6) is -0.0618. The predicted octanol–water partition coefficient (Wildman–Crippen LogP) is 3.33. The molecule has 8 heteroatoms. The van der Waals surface area contributed by atoms with E-state index in [1.54, 1.807) is 6.07 Å². The normalized spacial score (nSPS) is 22.4. The Balaban J connectivity index is 1.94. The van der Waals surface area contributed by atoms with Crippen molar-refractivity contribution in [2.24, 2.45) is 5.41 Å². The van der Waals surface area contributed by atoms with Crippen LogP contribution in [0.5, 0.6) is 0 Å². The third-order valence-electron chi connectivity index (χ3n) is 3.83. The highest BCUT2D eigenvalue weighted by atomic mass is 35.5. The van der Waals surface area contributed by atoms with Crippen molar-refractivity contribution in [3.8, 4) is 0 Å². The maximum absolute atomic E-state index is 12.6. The Hall–Kier alpha value is -0.950. The van der Waals surface area contributed by atoms with Crippen LogP contribution in [0.3, 0.4) is 0 Å². The number of carbonyl (C=O) groups excluding carboxylic acids is 1. The third-order valence-corrected chi connectivity index (χ3v) is 4.94. The SMILES string of the molecule is CC1(C(=O)Nc2c(Cl)cc(Cl)c3nsnc23)CCCNC1. The topological polar surface area (TPSA) is 66.9 Å². The van der Waals surface area contributed by atoms with Crippen LogP contribution >= 0.6 is 34.9 Å². The number of benzene rings is 1. The van der Waals surface area contributed by atoms with Crippen LogP contribution in [-0.2, 0) is 4.79 Å². The van der Waals surface area contributed by atoms with E-state index in [4.69, 9.17) is 23.2 Å². The van der Waals surface area contributed by atoms with E-state index in [1.165, 1.54) is 0 Å². The minimum absolute atomic E-state index is 0.0618. The van der Waals surface area contributed by atoms with Crippen molar-refractivity contribution in [1.82, 2.24) is 14.1 Å². The van der Waals surface area contributed by atoms with Crippen molar-refractivity contribution in [1.29, 1.82) is 0 Å². The van der Waals surface area contributed by atoms with Crippen molar-refractivity contribution in [3.05, 3.63) is 16.1 Å². The maximum atomic E-state index is 12.6. The number of piperidine rings is 1. The number of aromatic nitrogens is 2. The predicted molar refractivity (Wildman–Crippen MR) is 86.3 cm³/mol. The Morgan fingerprint density at radius 3 is 2.86 bits per heavy atom. The largest absolute Gasteiger partial charge is 0.322 e. The first-order valence-electron chi connectivity index (χ1n) is 6.64. The summed E-state index contributed by atoms with van der Waals surface area (Å²) in [6.07, 6.45) is 1.82. The van der Waals surface area contributed by atoms with Crippen LogP contribution in [0.2, 0.25) is 10.0 Å². The standard InChI is InChI=1S/C13H14Cl2N4OS/c1-13(3-2-4-16-6-13)12(20)17-9-7(14)5-8(15)10-11(9)19-21-18-10/h5,16H,2-4,6H2,1H3,(H,17,20). The van der Waals surface area contributed by atoms with Gasteiger partial charge in [-0.05, 0) is 32.4 Å². The Labute approximate surface area is 136 Å². The molecule has 21 heavy (non-hydrogen) atoms. The van der Waals surface area contributed by atoms with Gasteiger partial charge < -0.3 is 10.6 Å². The molecule has 1 unspecified atom stereocenters. The summed E-state index contributed by atoms with van der Waals surface area (Å²) in [6.45, 7) is 3.56. The molecule has 1 saturated heterocycles. The number of nitrogens with zero attached hydrogens (tertiary/aromatic N) is 2. The third kappa shape index (κ3) is 2.73. The molecule has 1 atom stereocenters. The van der Waals surface area contributed by atoms with Crippen LogP contribution in [-0.4, -0.2) is 27.7 Å². The zero-order valence-corrected chi connectivity index (χ0v) is 13.7. The van der Waals surface area contributed by atoms with E-state index in [0.29, 0.717) is 33.3 Å². The highest BCUT2D eigenvalue weighted by Gasteiger charge is 2.35. The maximum Gasteiger partial charge on any atom is 0.231 e. The molecule has 1 aromatic heterocycles. The zero-order chi connectivity index (χ0) is 15.0. The molecule has 0 bridgehead atoms. The average Bonchev–Trinajstić information content (AvgIpc) is 2.93. The van der Waals surface area contributed by atoms with Gasteiger partial charge in [0.2, 0.25) is 5.91 Å². The van der Waals surface area contributed by atoms with Gasteiger partial charge in [0, 0.05) is 6.54 Å². The summed E-state index contributed by atoms with van der Waals surface area (Å²) < 4.78 is 8.33. The van der Waals surface area contributed by atoms with Gasteiger partial charge in [0.15, 0.2) is 0 Å². The first-order valence-corrected chi connectivity index (χ1v) is 8.12. The summed E-state index contributed by atoms with van der Waals surface area (Å²) in [4.78, 5) is 12.6. The molecule has 1 aliphatic heterocycles. The van der Waals surface area contributed by atoms with Gasteiger partial charge in [-0.15, -0.1) is 0 Å². The molecule has 2 N–H and O–H groups in total. The smallest absolute Gasteiger partial charge is 0.231 e. The first-order chi connectivity index (χ1) is 10.0. The van der Waals surface area contributed by atoms with Crippen LogP contribution in [0.1, 0.15) is 19.8 Å². The molecule has 2 heterocycles. The lowest BCUT2D eigenvalue weighted by Gasteiger charge is -2.32. The van der Waals surface area contributed by atoms with Crippen molar-refractivity contribution < 1.29 is 4.79 Å². The number of fused-ring (bicyclic) bond motifs is 1. The van der Waals surface area contributed by atoms with Crippen LogP contribution in [0.4, 0.5) is 5.69 Å². The molecule has 112 valence electrons. The summed E-state index contributed by atoms with van der Waals surface area (Å²) in [6, 6.07) is 1.59. The zero-order valence-electron chi connectivity index (χ0n) is 11.4. The molecular formula is C13H14Cl2N4OS. The molecule has 1 fully saturated rings.